The molecule has 2 aromatic heterocycles. The number of ether oxygens (including phenoxy) is 2. The predicted octanol–water partition coefficient (Wildman–Crippen LogP) is 1.32. The molecule has 116 valence electrons. The molecule has 22 heavy (non-hydrogen) atoms. The Labute approximate surface area is 129 Å². The highest BCUT2D eigenvalue weighted by Gasteiger charge is 2.21. The lowest BCUT2D eigenvalue weighted by molar-refractivity contribution is 0.0891. The summed E-state index contributed by atoms with van der Waals surface area (Å²) in [6.07, 6.45) is 9.14. The molecule has 0 bridgehead atoms. The zero-order valence-corrected chi connectivity index (χ0v) is 12.6. The molecule has 0 N–H and O–H groups in total. The molecule has 0 aliphatic carbocycles. The van der Waals surface area contributed by atoms with Crippen LogP contribution in [0, 0.1) is 0 Å². The van der Waals surface area contributed by atoms with Gasteiger partial charge in [-0.15, -0.1) is 0 Å². The Morgan fingerprint density at radius 2 is 1.73 bits per heavy atom. The summed E-state index contributed by atoms with van der Waals surface area (Å²) < 4.78 is 10.8. The van der Waals surface area contributed by atoms with Gasteiger partial charge in [0, 0.05) is 50.0 Å². The van der Waals surface area contributed by atoms with Gasteiger partial charge >= 0.3 is 12.0 Å². The highest BCUT2D eigenvalue weighted by Crippen LogP contribution is 2.17. The molecule has 2 aromatic rings. The summed E-state index contributed by atoms with van der Waals surface area (Å²) in [4.78, 5) is 18.8. The zero-order chi connectivity index (χ0) is 15.2. The zero-order valence-electron chi connectivity index (χ0n) is 12.6. The van der Waals surface area contributed by atoms with Crippen LogP contribution in [0.5, 0.6) is 12.0 Å². The minimum Gasteiger partial charge on any atom is -0.467 e. The second kappa shape index (κ2) is 7.13. The van der Waals surface area contributed by atoms with Crippen LogP contribution in [0.2, 0.25) is 0 Å². The summed E-state index contributed by atoms with van der Waals surface area (Å²) in [7, 11) is 1.57. The lowest BCUT2D eigenvalue weighted by Crippen LogP contribution is -2.38. The van der Waals surface area contributed by atoms with E-state index in [0.29, 0.717) is 12.0 Å². The number of rotatable bonds is 5. The lowest BCUT2D eigenvalue weighted by Gasteiger charge is -2.31. The van der Waals surface area contributed by atoms with Gasteiger partial charge < -0.3 is 9.47 Å². The summed E-state index contributed by atoms with van der Waals surface area (Å²) in [5.41, 5.74) is 1.09. The van der Waals surface area contributed by atoms with Gasteiger partial charge in [0.05, 0.1) is 7.11 Å². The minimum atomic E-state index is 0.186. The molecule has 0 atom stereocenters. The number of hydrogen-bond donors (Lipinski definition) is 0. The van der Waals surface area contributed by atoms with Crippen molar-refractivity contribution >= 4 is 0 Å². The first-order chi connectivity index (χ1) is 10.8. The van der Waals surface area contributed by atoms with Gasteiger partial charge in [-0.05, 0) is 18.9 Å². The van der Waals surface area contributed by atoms with E-state index in [1.54, 1.807) is 25.6 Å². The van der Waals surface area contributed by atoms with E-state index in [4.69, 9.17) is 9.47 Å². The number of aromatic nitrogens is 4. The monoisotopic (exact) mass is 301 g/mol. The van der Waals surface area contributed by atoms with Gasteiger partial charge in [0.1, 0.15) is 6.10 Å². The first-order valence-electron chi connectivity index (χ1n) is 7.34. The summed E-state index contributed by atoms with van der Waals surface area (Å²) in [5, 5.41) is 0. The first kappa shape index (κ1) is 14.6. The highest BCUT2D eigenvalue weighted by atomic mass is 16.5. The van der Waals surface area contributed by atoms with Crippen LogP contribution in [-0.4, -0.2) is 51.1 Å². The third kappa shape index (κ3) is 3.88. The molecule has 1 saturated heterocycles. The van der Waals surface area contributed by atoms with Gasteiger partial charge in [-0.2, -0.15) is 0 Å². The normalized spacial score (nSPS) is 16.4. The van der Waals surface area contributed by atoms with Crippen LogP contribution < -0.4 is 9.47 Å². The largest absolute Gasteiger partial charge is 0.467 e. The SMILES string of the molecule is COc1ncc(CN2CCC(Oc3ncccn3)CC2)cn1. The molecule has 0 saturated carbocycles. The van der Waals surface area contributed by atoms with Crippen molar-refractivity contribution in [1.82, 2.24) is 24.8 Å². The molecule has 0 radical (unpaired) electrons. The summed E-state index contributed by atoms with van der Waals surface area (Å²) in [6, 6.07) is 2.65. The maximum absolute atomic E-state index is 5.79. The smallest absolute Gasteiger partial charge is 0.316 e. The van der Waals surface area contributed by atoms with Crippen molar-refractivity contribution in [2.24, 2.45) is 0 Å². The average Bonchev–Trinajstić information content (AvgIpc) is 2.58. The molecule has 1 fully saturated rings. The number of nitrogens with zero attached hydrogens (tertiary/aromatic N) is 5. The second-order valence-electron chi connectivity index (χ2n) is 5.20. The highest BCUT2D eigenvalue weighted by molar-refractivity contribution is 5.07. The van der Waals surface area contributed by atoms with Crippen LogP contribution in [0.1, 0.15) is 18.4 Å². The number of hydrogen-bond acceptors (Lipinski definition) is 7. The summed E-state index contributed by atoms with van der Waals surface area (Å²) in [5.74, 6) is 0. The maximum atomic E-state index is 5.79. The van der Waals surface area contributed by atoms with Crippen LogP contribution in [-0.2, 0) is 6.54 Å². The fraction of sp³-hybridized carbons (Fsp3) is 0.467. The van der Waals surface area contributed by atoms with Crippen LogP contribution >= 0.6 is 0 Å². The van der Waals surface area contributed by atoms with E-state index in [0.717, 1.165) is 38.0 Å². The van der Waals surface area contributed by atoms with E-state index < -0.39 is 0 Å². The van der Waals surface area contributed by atoms with Crippen LogP contribution in [0.25, 0.3) is 0 Å². The standard InChI is InChI=1S/C15H19N5O2/c1-21-14-18-9-12(10-19-14)11-20-7-3-13(4-8-20)22-15-16-5-2-6-17-15/h2,5-6,9-10,13H,3-4,7-8,11H2,1H3. The van der Waals surface area contributed by atoms with Crippen LogP contribution in [0.15, 0.2) is 30.9 Å². The molecule has 0 unspecified atom stereocenters. The second-order valence-corrected chi connectivity index (χ2v) is 5.20. The molecule has 1 aliphatic heterocycles. The van der Waals surface area contributed by atoms with Gasteiger partial charge in [0.15, 0.2) is 0 Å². The summed E-state index contributed by atoms with van der Waals surface area (Å²) >= 11 is 0. The third-order valence-electron chi connectivity index (χ3n) is 3.62. The Balaban J connectivity index is 1.47. The Bertz CT molecular complexity index is 570. The van der Waals surface area contributed by atoms with Gasteiger partial charge in [0.2, 0.25) is 0 Å². The van der Waals surface area contributed by atoms with Crippen LogP contribution in [0.3, 0.4) is 0 Å². The lowest BCUT2D eigenvalue weighted by atomic mass is 10.1. The molecule has 0 spiro atoms. The Morgan fingerprint density at radius 1 is 1.05 bits per heavy atom. The fourth-order valence-corrected chi connectivity index (χ4v) is 2.47. The van der Waals surface area contributed by atoms with E-state index in [1.807, 2.05) is 12.4 Å². The molecule has 7 nitrogen and oxygen atoms in total. The number of methoxy groups -OCH3 is 1. The molecular formula is C15H19N5O2. The minimum absolute atomic E-state index is 0.186. The molecule has 3 heterocycles. The summed E-state index contributed by atoms with van der Waals surface area (Å²) in [6.45, 7) is 2.80. The van der Waals surface area contributed by atoms with Crippen molar-refractivity contribution in [1.29, 1.82) is 0 Å². The predicted molar refractivity (Wildman–Crippen MR) is 79.5 cm³/mol. The molecule has 7 heteroatoms. The van der Waals surface area contributed by atoms with E-state index in [9.17, 15) is 0 Å². The first-order valence-corrected chi connectivity index (χ1v) is 7.34. The van der Waals surface area contributed by atoms with Crippen molar-refractivity contribution in [3.63, 3.8) is 0 Å². The van der Waals surface area contributed by atoms with Gasteiger partial charge in [-0.3, -0.25) is 4.90 Å². The van der Waals surface area contributed by atoms with Gasteiger partial charge in [0.25, 0.3) is 0 Å². The Morgan fingerprint density at radius 3 is 2.36 bits per heavy atom. The van der Waals surface area contributed by atoms with Crippen molar-refractivity contribution in [2.75, 3.05) is 20.2 Å². The quantitative estimate of drug-likeness (QED) is 0.824. The number of piperidine rings is 1. The van der Waals surface area contributed by atoms with Crippen LogP contribution in [0.4, 0.5) is 0 Å². The van der Waals surface area contributed by atoms with E-state index in [-0.39, 0.29) is 6.10 Å². The van der Waals surface area contributed by atoms with Crippen molar-refractivity contribution < 1.29 is 9.47 Å². The molecular weight excluding hydrogens is 282 g/mol. The van der Waals surface area contributed by atoms with Gasteiger partial charge in [-0.25, -0.2) is 19.9 Å². The Kier molecular flexibility index (Phi) is 4.75. The van der Waals surface area contributed by atoms with Crippen molar-refractivity contribution in [2.45, 2.75) is 25.5 Å². The topological polar surface area (TPSA) is 73.3 Å². The average molecular weight is 301 g/mol. The van der Waals surface area contributed by atoms with E-state index >= 15 is 0 Å². The molecule has 0 aromatic carbocycles. The van der Waals surface area contributed by atoms with E-state index in [1.165, 1.54) is 0 Å². The third-order valence-corrected chi connectivity index (χ3v) is 3.62. The number of likely N-dealkylation sites (tertiary alicyclic amines) is 1. The fourth-order valence-electron chi connectivity index (χ4n) is 2.47. The van der Waals surface area contributed by atoms with Crippen molar-refractivity contribution in [3.05, 3.63) is 36.4 Å². The van der Waals surface area contributed by atoms with Gasteiger partial charge in [-0.1, -0.05) is 0 Å². The molecule has 1 aliphatic rings. The van der Waals surface area contributed by atoms with Crippen molar-refractivity contribution in [3.8, 4) is 12.0 Å². The van der Waals surface area contributed by atoms with E-state index in [2.05, 4.69) is 24.8 Å². The molecule has 0 amide bonds. The maximum Gasteiger partial charge on any atom is 0.316 e. The molecule has 3 rings (SSSR count). The Hall–Kier alpha value is -2.28.